The van der Waals surface area contributed by atoms with Crippen LogP contribution in [0.2, 0.25) is 0 Å². The number of carbonyl (C=O) groups is 1. The van der Waals surface area contributed by atoms with Gasteiger partial charge in [0.1, 0.15) is 0 Å². The van der Waals surface area contributed by atoms with Gasteiger partial charge in [0.05, 0.1) is 12.6 Å². The Labute approximate surface area is 111 Å². The van der Waals surface area contributed by atoms with Gasteiger partial charge in [-0.2, -0.15) is 0 Å². The van der Waals surface area contributed by atoms with Gasteiger partial charge in [-0.05, 0) is 24.2 Å². The Balaban J connectivity index is 2.15. The molecule has 1 fully saturated rings. The number of aliphatic hydroxyl groups is 1. The summed E-state index contributed by atoms with van der Waals surface area (Å²) in [5.41, 5.74) is 0.104. The predicted octanol–water partition coefficient (Wildman–Crippen LogP) is 2.27. The first-order chi connectivity index (χ1) is 8.40. The van der Waals surface area contributed by atoms with Gasteiger partial charge in [-0.3, -0.25) is 0 Å². The van der Waals surface area contributed by atoms with Crippen LogP contribution in [0.3, 0.4) is 0 Å². The van der Waals surface area contributed by atoms with Crippen LogP contribution in [0.5, 0.6) is 0 Å². The fourth-order valence-electron chi connectivity index (χ4n) is 2.31. The molecule has 106 valence electrons. The van der Waals surface area contributed by atoms with E-state index in [2.05, 4.69) is 31.4 Å². The third kappa shape index (κ3) is 6.24. The lowest BCUT2D eigenvalue weighted by Gasteiger charge is -2.27. The molecule has 3 N–H and O–H groups in total. The molecule has 0 radical (unpaired) electrons. The van der Waals surface area contributed by atoms with Crippen molar-refractivity contribution in [2.75, 3.05) is 13.2 Å². The standard InChI is InChI=1S/C14H28N2O2/c1-14(2,3)9-12(10-17)16-13(18)15-8-7-11-5-4-6-11/h11-12,17H,4-10H2,1-3H3,(H2,15,16,18). The monoisotopic (exact) mass is 256 g/mol. The van der Waals surface area contributed by atoms with E-state index in [1.54, 1.807) is 0 Å². The summed E-state index contributed by atoms with van der Waals surface area (Å²) in [7, 11) is 0. The van der Waals surface area contributed by atoms with E-state index in [0.29, 0.717) is 0 Å². The van der Waals surface area contributed by atoms with Crippen LogP contribution in [0.4, 0.5) is 4.79 Å². The maximum Gasteiger partial charge on any atom is 0.315 e. The van der Waals surface area contributed by atoms with Crippen LogP contribution in [0, 0.1) is 11.3 Å². The minimum absolute atomic E-state index is 0.00663. The van der Waals surface area contributed by atoms with E-state index in [0.717, 1.165) is 25.3 Å². The van der Waals surface area contributed by atoms with E-state index in [1.807, 2.05) is 0 Å². The van der Waals surface area contributed by atoms with E-state index < -0.39 is 0 Å². The predicted molar refractivity (Wildman–Crippen MR) is 73.4 cm³/mol. The van der Waals surface area contributed by atoms with Gasteiger partial charge in [-0.25, -0.2) is 4.79 Å². The van der Waals surface area contributed by atoms with Crippen LogP contribution >= 0.6 is 0 Å². The largest absolute Gasteiger partial charge is 0.394 e. The van der Waals surface area contributed by atoms with Crippen molar-refractivity contribution in [2.45, 2.75) is 58.9 Å². The van der Waals surface area contributed by atoms with Crippen LogP contribution in [0.1, 0.15) is 52.9 Å². The van der Waals surface area contributed by atoms with Crippen molar-refractivity contribution < 1.29 is 9.90 Å². The summed E-state index contributed by atoms with van der Waals surface area (Å²) < 4.78 is 0. The second-order valence-corrected chi connectivity index (χ2v) is 6.63. The highest BCUT2D eigenvalue weighted by molar-refractivity contribution is 5.74. The molecule has 1 rings (SSSR count). The second kappa shape index (κ2) is 6.98. The van der Waals surface area contributed by atoms with E-state index in [-0.39, 0.29) is 24.1 Å². The Morgan fingerprint density at radius 3 is 2.50 bits per heavy atom. The fraction of sp³-hybridized carbons (Fsp3) is 0.929. The molecular weight excluding hydrogens is 228 g/mol. The Morgan fingerprint density at radius 1 is 1.39 bits per heavy atom. The average Bonchev–Trinajstić information content (AvgIpc) is 2.18. The van der Waals surface area contributed by atoms with Crippen molar-refractivity contribution in [3.8, 4) is 0 Å². The molecule has 0 saturated heterocycles. The Kier molecular flexibility index (Phi) is 5.93. The van der Waals surface area contributed by atoms with Crippen molar-refractivity contribution in [2.24, 2.45) is 11.3 Å². The number of nitrogens with one attached hydrogen (secondary N) is 2. The lowest BCUT2D eigenvalue weighted by atomic mass is 9.83. The van der Waals surface area contributed by atoms with Crippen LogP contribution < -0.4 is 10.6 Å². The number of rotatable bonds is 6. The first kappa shape index (κ1) is 15.3. The maximum atomic E-state index is 11.7. The minimum Gasteiger partial charge on any atom is -0.394 e. The number of aliphatic hydroxyl groups excluding tert-OH is 1. The highest BCUT2D eigenvalue weighted by atomic mass is 16.3. The number of amides is 2. The number of urea groups is 1. The summed E-state index contributed by atoms with van der Waals surface area (Å²) in [6, 6.07) is -0.314. The van der Waals surface area contributed by atoms with Crippen molar-refractivity contribution in [3.05, 3.63) is 0 Å². The Bertz CT molecular complexity index is 257. The van der Waals surface area contributed by atoms with Gasteiger partial charge >= 0.3 is 6.03 Å². The molecule has 0 heterocycles. The quantitative estimate of drug-likeness (QED) is 0.682. The molecule has 0 aromatic rings. The molecule has 1 atom stereocenters. The van der Waals surface area contributed by atoms with Gasteiger partial charge in [0, 0.05) is 6.54 Å². The zero-order chi connectivity index (χ0) is 13.6. The first-order valence-electron chi connectivity index (χ1n) is 7.06. The van der Waals surface area contributed by atoms with Crippen molar-refractivity contribution in [1.82, 2.24) is 10.6 Å². The molecule has 1 unspecified atom stereocenters. The SMILES string of the molecule is CC(C)(C)CC(CO)NC(=O)NCCC1CCC1. The number of hydrogen-bond donors (Lipinski definition) is 3. The van der Waals surface area contributed by atoms with Gasteiger partial charge in [0.2, 0.25) is 0 Å². The summed E-state index contributed by atoms with van der Waals surface area (Å²) in [5.74, 6) is 0.813. The minimum atomic E-state index is -0.159. The van der Waals surface area contributed by atoms with Gasteiger partial charge < -0.3 is 15.7 Å². The topological polar surface area (TPSA) is 61.4 Å². The molecule has 2 amide bonds. The molecule has 0 spiro atoms. The van der Waals surface area contributed by atoms with Gasteiger partial charge in [-0.15, -0.1) is 0 Å². The molecule has 0 bridgehead atoms. The van der Waals surface area contributed by atoms with Crippen molar-refractivity contribution in [3.63, 3.8) is 0 Å². The Morgan fingerprint density at radius 2 is 2.06 bits per heavy atom. The molecule has 1 aliphatic rings. The van der Waals surface area contributed by atoms with Crippen LogP contribution in [0.25, 0.3) is 0 Å². The maximum absolute atomic E-state index is 11.7. The molecule has 1 aliphatic carbocycles. The second-order valence-electron chi connectivity index (χ2n) is 6.63. The van der Waals surface area contributed by atoms with Gasteiger partial charge in [0.25, 0.3) is 0 Å². The lowest BCUT2D eigenvalue weighted by molar-refractivity contribution is 0.190. The highest BCUT2D eigenvalue weighted by Crippen LogP contribution is 2.28. The molecule has 1 saturated carbocycles. The van der Waals surface area contributed by atoms with E-state index in [9.17, 15) is 9.90 Å². The molecule has 4 nitrogen and oxygen atoms in total. The van der Waals surface area contributed by atoms with Crippen molar-refractivity contribution >= 4 is 6.03 Å². The molecule has 18 heavy (non-hydrogen) atoms. The summed E-state index contributed by atoms with van der Waals surface area (Å²) in [5, 5.41) is 15.0. The number of hydrogen-bond acceptors (Lipinski definition) is 2. The molecule has 0 aromatic carbocycles. The summed E-state index contributed by atoms with van der Waals surface area (Å²) in [6.45, 7) is 7.04. The molecule has 0 aromatic heterocycles. The summed E-state index contributed by atoms with van der Waals surface area (Å²) >= 11 is 0. The molecule has 4 heteroatoms. The summed E-state index contributed by atoms with van der Waals surface area (Å²) in [6.07, 6.45) is 5.82. The lowest BCUT2D eigenvalue weighted by Crippen LogP contribution is -2.45. The summed E-state index contributed by atoms with van der Waals surface area (Å²) in [4.78, 5) is 11.7. The smallest absolute Gasteiger partial charge is 0.315 e. The van der Waals surface area contributed by atoms with Gasteiger partial charge in [-0.1, -0.05) is 40.0 Å². The normalized spacial score (nSPS) is 18.0. The van der Waals surface area contributed by atoms with E-state index in [1.165, 1.54) is 19.3 Å². The average molecular weight is 256 g/mol. The van der Waals surface area contributed by atoms with Crippen LogP contribution in [-0.4, -0.2) is 30.3 Å². The first-order valence-corrected chi connectivity index (χ1v) is 7.06. The molecule has 0 aliphatic heterocycles. The zero-order valence-electron chi connectivity index (χ0n) is 12.0. The van der Waals surface area contributed by atoms with Gasteiger partial charge in [0.15, 0.2) is 0 Å². The highest BCUT2D eigenvalue weighted by Gasteiger charge is 2.20. The number of carbonyl (C=O) groups excluding carboxylic acids is 1. The zero-order valence-corrected chi connectivity index (χ0v) is 12.0. The Hall–Kier alpha value is -0.770. The van der Waals surface area contributed by atoms with Crippen LogP contribution in [0.15, 0.2) is 0 Å². The van der Waals surface area contributed by atoms with Crippen molar-refractivity contribution in [1.29, 1.82) is 0 Å². The van der Waals surface area contributed by atoms with Crippen LogP contribution in [-0.2, 0) is 0 Å². The van der Waals surface area contributed by atoms with E-state index in [4.69, 9.17) is 0 Å². The molecular formula is C14H28N2O2. The van der Waals surface area contributed by atoms with E-state index >= 15 is 0 Å². The third-order valence-electron chi connectivity index (χ3n) is 3.48. The fourth-order valence-corrected chi connectivity index (χ4v) is 2.31. The third-order valence-corrected chi connectivity index (χ3v) is 3.48.